The van der Waals surface area contributed by atoms with Crippen molar-refractivity contribution < 1.29 is 34.1 Å². The molecule has 0 aliphatic heterocycles. The maximum atomic E-state index is 4.82. The van der Waals surface area contributed by atoms with Gasteiger partial charge in [-0.15, -0.1) is 23.3 Å². The summed E-state index contributed by atoms with van der Waals surface area (Å²) in [4.78, 5) is 0. The molecule has 0 saturated carbocycles. The second-order valence-corrected chi connectivity index (χ2v) is 7.33. The zero-order valence-corrected chi connectivity index (χ0v) is 20.9. The topological polar surface area (TPSA) is 17.8 Å². The van der Waals surface area contributed by atoms with Crippen LogP contribution in [0.1, 0.15) is 5.56 Å². The molecule has 0 unspecified atom stereocenters. The molecule has 4 heteroatoms. The van der Waals surface area contributed by atoms with Gasteiger partial charge in [0.25, 0.3) is 0 Å². The van der Waals surface area contributed by atoms with E-state index in [-0.39, 0.29) is 34.1 Å². The number of nitrogens with zero attached hydrogens (tertiary/aromatic N) is 2. The average molecular weight is 526 g/mol. The Morgan fingerprint density at radius 3 is 1.62 bits per heavy atom. The molecule has 1 aromatic heterocycles. The van der Waals surface area contributed by atoms with Gasteiger partial charge < -0.3 is 4.68 Å². The maximum absolute atomic E-state index is 4.82. The third kappa shape index (κ3) is 8.02. The summed E-state index contributed by atoms with van der Waals surface area (Å²) < 4.78 is 2.09. The molecule has 0 atom stereocenters. The first-order valence-electron chi connectivity index (χ1n) is 10.8. The van der Waals surface area contributed by atoms with Gasteiger partial charge in [0.05, 0.1) is 6.54 Å². The fourth-order valence-electron chi connectivity index (χ4n) is 3.40. The maximum Gasteiger partial charge on any atom is 2.00 e. The molecule has 0 aliphatic carbocycles. The molecule has 0 radical (unpaired) electrons. The van der Waals surface area contributed by atoms with Crippen LogP contribution in [-0.4, -0.2) is 9.78 Å². The molecule has 0 amide bonds. The third-order valence-electron chi connectivity index (χ3n) is 4.98. The second kappa shape index (κ2) is 14.9. The monoisotopic (exact) mass is 526 g/mol. The van der Waals surface area contributed by atoms with E-state index < -0.39 is 0 Å². The summed E-state index contributed by atoms with van der Waals surface area (Å²) in [7, 11) is 0. The minimum atomic E-state index is 0. The summed E-state index contributed by atoms with van der Waals surface area (Å²) in [6.07, 6.45) is 0. The van der Waals surface area contributed by atoms with E-state index >= 15 is 0 Å². The van der Waals surface area contributed by atoms with Gasteiger partial charge in [0.2, 0.25) is 0 Å². The van der Waals surface area contributed by atoms with Crippen LogP contribution in [-0.2, 0) is 40.7 Å². The predicted molar refractivity (Wildman–Crippen MR) is 134 cm³/mol. The summed E-state index contributed by atoms with van der Waals surface area (Å²) in [6.45, 7) is 0.780. The second-order valence-electron chi connectivity index (χ2n) is 7.33. The minimum absolute atomic E-state index is 0. The number of benzene rings is 1. The van der Waals surface area contributed by atoms with E-state index in [0.29, 0.717) is 0 Å². The van der Waals surface area contributed by atoms with Crippen molar-refractivity contribution in [3.8, 4) is 22.5 Å². The Labute approximate surface area is 223 Å². The number of hydrogen-bond acceptors (Lipinski definition) is 1. The van der Waals surface area contributed by atoms with Crippen LogP contribution in [0.5, 0.6) is 0 Å². The Kier molecular flexibility index (Phi) is 11.9. The normalized spacial score (nSPS) is 9.41. The zero-order valence-electron chi connectivity index (χ0n) is 18.7. The van der Waals surface area contributed by atoms with Crippen molar-refractivity contribution in [2.45, 2.75) is 6.54 Å². The van der Waals surface area contributed by atoms with Crippen LogP contribution < -0.4 is 0 Å². The molecular weight excluding hydrogens is 500 g/mol. The van der Waals surface area contributed by atoms with E-state index in [0.717, 1.165) is 17.9 Å². The quantitative estimate of drug-likeness (QED) is 0.172. The number of rotatable bonds is 4. The van der Waals surface area contributed by atoms with Crippen molar-refractivity contribution in [1.29, 1.82) is 0 Å². The fraction of sp³-hybridized carbons (Fsp3) is 0.0333. The van der Waals surface area contributed by atoms with Crippen molar-refractivity contribution in [3.05, 3.63) is 151 Å². The molecule has 2 nitrogen and oxygen atoms in total. The van der Waals surface area contributed by atoms with E-state index in [2.05, 4.69) is 71.4 Å². The molecule has 172 valence electrons. The Hall–Kier alpha value is -3.13. The minimum Gasteiger partial charge on any atom is -0.310 e. The summed E-state index contributed by atoms with van der Waals surface area (Å²) in [5, 5.41) is 4.82. The van der Waals surface area contributed by atoms with Gasteiger partial charge in [0, 0.05) is 0 Å². The van der Waals surface area contributed by atoms with E-state index in [4.69, 9.17) is 5.10 Å². The Bertz CT molecular complexity index is 1150. The van der Waals surface area contributed by atoms with Gasteiger partial charge in [-0.2, -0.15) is 72.8 Å². The molecule has 0 bridgehead atoms. The Morgan fingerprint density at radius 2 is 1.15 bits per heavy atom. The summed E-state index contributed by atoms with van der Waals surface area (Å²) >= 11 is 0. The van der Waals surface area contributed by atoms with Gasteiger partial charge in [-0.3, -0.25) is 0 Å². The Morgan fingerprint density at radius 1 is 0.588 bits per heavy atom. The first-order valence-corrected chi connectivity index (χ1v) is 10.8. The van der Waals surface area contributed by atoms with Crippen molar-refractivity contribution >= 4 is 0 Å². The van der Waals surface area contributed by atoms with Crippen LogP contribution >= 0.6 is 0 Å². The number of aromatic nitrogens is 2. The van der Waals surface area contributed by atoms with Gasteiger partial charge in [-0.05, 0) is 17.0 Å². The van der Waals surface area contributed by atoms with Crippen LogP contribution in [0.4, 0.5) is 0 Å². The van der Waals surface area contributed by atoms with E-state index in [1.165, 1.54) is 16.7 Å². The molecule has 0 fully saturated rings. The van der Waals surface area contributed by atoms with Crippen LogP contribution in [0, 0.1) is 0 Å². The summed E-state index contributed by atoms with van der Waals surface area (Å²) in [5.74, 6) is 0. The van der Waals surface area contributed by atoms with E-state index in [1.807, 2.05) is 78.9 Å². The van der Waals surface area contributed by atoms with Crippen LogP contribution in [0.3, 0.4) is 0 Å². The molecule has 0 N–H and O–H groups in total. The molecule has 34 heavy (non-hydrogen) atoms. The molecule has 0 aliphatic rings. The first kappa shape index (κ1) is 27.1. The van der Waals surface area contributed by atoms with Gasteiger partial charge >= 0.3 is 34.1 Å². The zero-order chi connectivity index (χ0) is 21.8. The number of hydrogen-bond donors (Lipinski definition) is 0. The van der Waals surface area contributed by atoms with E-state index in [9.17, 15) is 0 Å². The molecular formula is C30H26Fe2N2. The van der Waals surface area contributed by atoms with Crippen LogP contribution in [0.15, 0.2) is 146 Å². The Balaban J connectivity index is 0.000000283. The predicted octanol–water partition coefficient (Wildman–Crippen LogP) is 7.51. The van der Waals surface area contributed by atoms with Gasteiger partial charge in [-0.25, -0.2) is 29.4 Å². The van der Waals surface area contributed by atoms with E-state index in [1.54, 1.807) is 0 Å². The smallest absolute Gasteiger partial charge is 0.310 e. The van der Waals surface area contributed by atoms with Crippen molar-refractivity contribution in [1.82, 2.24) is 9.78 Å². The third-order valence-corrected chi connectivity index (χ3v) is 4.98. The largest absolute Gasteiger partial charge is 2.00 e. The first-order chi connectivity index (χ1) is 15.9. The molecule has 0 saturated heterocycles. The molecule has 0 spiro atoms. The summed E-state index contributed by atoms with van der Waals surface area (Å²) in [5.41, 5.74) is 5.82. The fourth-order valence-corrected chi connectivity index (χ4v) is 3.40. The average Bonchev–Trinajstić information content (AvgIpc) is 3.68. The van der Waals surface area contributed by atoms with Crippen molar-refractivity contribution in [2.24, 2.45) is 0 Å². The van der Waals surface area contributed by atoms with Gasteiger partial charge in [0.1, 0.15) is 0 Å². The molecule has 1 heterocycles. The summed E-state index contributed by atoms with van der Waals surface area (Å²) in [6, 6.07) is 49.3. The SMILES string of the molecule is [Fe+2].[Fe+2].c1cc[cH-]c1.c1cc[cH-]c1.c1ccc(Cn2nc(-c3ccc[cH-]3)cc2-c2ccc[cH-]2)cc1. The van der Waals surface area contributed by atoms with Crippen LogP contribution in [0.2, 0.25) is 0 Å². The molecule has 6 aromatic rings. The van der Waals surface area contributed by atoms with Gasteiger partial charge in [0.15, 0.2) is 0 Å². The molecule has 5 aromatic carbocycles. The van der Waals surface area contributed by atoms with Crippen molar-refractivity contribution in [3.63, 3.8) is 0 Å². The molecule has 6 rings (SSSR count). The standard InChI is InChI=1S/C20H16N2.2C5H5.2Fe/c1-2-8-16(9-3-1)15-22-20(18-12-6-7-13-18)14-19(21-22)17-10-4-5-11-17;2*1-2-4-5-3-1;;/h1-14H,15H2;2*1-5H;;/q-2;2*-1;2*+2. The van der Waals surface area contributed by atoms with Crippen molar-refractivity contribution in [2.75, 3.05) is 0 Å². The van der Waals surface area contributed by atoms with Gasteiger partial charge in [-0.1, -0.05) is 36.4 Å². The van der Waals surface area contributed by atoms with Crippen LogP contribution in [0.25, 0.3) is 22.5 Å².